The summed E-state index contributed by atoms with van der Waals surface area (Å²) in [5.41, 5.74) is -0.802. The third kappa shape index (κ3) is 5.10. The second kappa shape index (κ2) is 9.89. The summed E-state index contributed by atoms with van der Waals surface area (Å²) in [5, 5.41) is 14.3. The molecule has 2 aliphatic rings. The average molecular weight is 370 g/mol. The van der Waals surface area contributed by atoms with Crippen LogP contribution in [0.25, 0.3) is 0 Å². The summed E-state index contributed by atoms with van der Waals surface area (Å²) in [7, 11) is 0. The highest BCUT2D eigenvalue weighted by atomic mass is 16.5. The largest absolute Gasteiger partial charge is 0.379 e. The first-order chi connectivity index (χ1) is 13.2. The molecule has 0 bridgehead atoms. The average Bonchev–Trinajstić information content (AvgIpc) is 2.74. The second-order valence-corrected chi connectivity index (χ2v) is 7.39. The van der Waals surface area contributed by atoms with Crippen molar-refractivity contribution in [3.05, 3.63) is 35.9 Å². The van der Waals surface area contributed by atoms with Crippen LogP contribution in [0.1, 0.15) is 37.7 Å². The minimum atomic E-state index is -1.48. The first-order valence-corrected chi connectivity index (χ1v) is 10.0. The normalized spacial score (nSPS) is 20.9. The van der Waals surface area contributed by atoms with E-state index in [0.29, 0.717) is 12.1 Å². The number of amides is 1. The number of nitrogens with one attached hydrogen (secondary N) is 1. The van der Waals surface area contributed by atoms with E-state index in [1.807, 2.05) is 30.3 Å². The molecule has 1 heterocycles. The Hall–Kier alpha value is -1.87. The third-order valence-corrected chi connectivity index (χ3v) is 5.62. The van der Waals surface area contributed by atoms with Gasteiger partial charge in [-0.05, 0) is 18.4 Å². The van der Waals surface area contributed by atoms with Crippen LogP contribution in [-0.2, 0) is 15.1 Å². The highest BCUT2D eigenvalue weighted by molar-refractivity contribution is 5.87. The Morgan fingerprint density at radius 2 is 1.85 bits per heavy atom. The smallest absolute Gasteiger partial charge is 0.257 e. The van der Waals surface area contributed by atoms with Gasteiger partial charge in [0, 0.05) is 19.0 Å². The molecule has 3 rings (SSSR count). The van der Waals surface area contributed by atoms with E-state index in [2.05, 4.69) is 22.1 Å². The van der Waals surface area contributed by atoms with Gasteiger partial charge in [-0.1, -0.05) is 61.4 Å². The number of ether oxygens (including phenoxy) is 1. The summed E-state index contributed by atoms with van der Waals surface area (Å²) >= 11 is 0. The zero-order valence-corrected chi connectivity index (χ0v) is 16.0. The number of nitrogens with zero attached hydrogens (tertiary/aromatic N) is 1. The van der Waals surface area contributed by atoms with Crippen LogP contribution >= 0.6 is 0 Å². The number of hydrogen-bond donors (Lipinski definition) is 2. The number of carbonyl (C=O) groups is 1. The molecule has 1 saturated carbocycles. The molecule has 1 saturated heterocycles. The van der Waals surface area contributed by atoms with Crippen LogP contribution in [0.2, 0.25) is 0 Å². The number of carbonyl (C=O) groups excluding carboxylic acids is 1. The summed E-state index contributed by atoms with van der Waals surface area (Å²) in [5.74, 6) is 5.74. The SMILES string of the molecule is O=C(NCC#CCN1CCOCC1)C(O)(c1ccccc1)C1CCCCC1. The maximum atomic E-state index is 13.0. The lowest BCUT2D eigenvalue weighted by atomic mass is 9.73. The van der Waals surface area contributed by atoms with Gasteiger partial charge in [0.15, 0.2) is 5.60 Å². The van der Waals surface area contributed by atoms with Crippen molar-refractivity contribution < 1.29 is 14.6 Å². The van der Waals surface area contributed by atoms with Gasteiger partial charge >= 0.3 is 0 Å². The van der Waals surface area contributed by atoms with Gasteiger partial charge in [-0.15, -0.1) is 0 Å². The second-order valence-electron chi connectivity index (χ2n) is 7.39. The predicted molar refractivity (Wildman–Crippen MR) is 105 cm³/mol. The first-order valence-electron chi connectivity index (χ1n) is 10.0. The Balaban J connectivity index is 1.61. The van der Waals surface area contributed by atoms with Gasteiger partial charge in [-0.2, -0.15) is 0 Å². The summed E-state index contributed by atoms with van der Waals surface area (Å²) in [6.45, 7) is 4.25. The van der Waals surface area contributed by atoms with Gasteiger partial charge in [-0.25, -0.2) is 0 Å². The van der Waals surface area contributed by atoms with Gasteiger partial charge < -0.3 is 15.2 Å². The van der Waals surface area contributed by atoms with Gasteiger partial charge in [0.1, 0.15) is 0 Å². The molecule has 1 unspecified atom stereocenters. The molecule has 1 aromatic rings. The molecule has 0 spiro atoms. The summed E-state index contributed by atoms with van der Waals surface area (Å²) < 4.78 is 5.32. The topological polar surface area (TPSA) is 61.8 Å². The number of aliphatic hydroxyl groups is 1. The highest BCUT2D eigenvalue weighted by Crippen LogP contribution is 2.39. The van der Waals surface area contributed by atoms with Crippen molar-refractivity contribution in [3.63, 3.8) is 0 Å². The van der Waals surface area contributed by atoms with Crippen molar-refractivity contribution in [1.29, 1.82) is 0 Å². The minimum Gasteiger partial charge on any atom is -0.379 e. The summed E-state index contributed by atoms with van der Waals surface area (Å²) in [4.78, 5) is 15.2. The van der Waals surface area contributed by atoms with Gasteiger partial charge in [-0.3, -0.25) is 9.69 Å². The van der Waals surface area contributed by atoms with Crippen LogP contribution in [0.3, 0.4) is 0 Å². The Morgan fingerprint density at radius 3 is 2.56 bits per heavy atom. The van der Waals surface area contributed by atoms with Crippen molar-refractivity contribution in [3.8, 4) is 11.8 Å². The molecule has 1 aliphatic heterocycles. The monoisotopic (exact) mass is 370 g/mol. The maximum absolute atomic E-state index is 13.0. The molecule has 1 aromatic carbocycles. The molecule has 1 atom stereocenters. The number of hydrogen-bond acceptors (Lipinski definition) is 4. The number of morpholine rings is 1. The lowest BCUT2D eigenvalue weighted by Gasteiger charge is -2.37. The van der Waals surface area contributed by atoms with Crippen molar-refractivity contribution in [2.75, 3.05) is 39.4 Å². The van der Waals surface area contributed by atoms with E-state index in [9.17, 15) is 9.90 Å². The molecule has 5 nitrogen and oxygen atoms in total. The first kappa shape index (κ1) is 19.9. The fourth-order valence-corrected chi connectivity index (χ4v) is 4.01. The molecular formula is C22H30N2O3. The predicted octanol–water partition coefficient (Wildman–Crippen LogP) is 1.91. The van der Waals surface area contributed by atoms with Crippen LogP contribution in [-0.4, -0.2) is 55.3 Å². The van der Waals surface area contributed by atoms with E-state index < -0.39 is 5.60 Å². The van der Waals surface area contributed by atoms with Gasteiger partial charge in [0.2, 0.25) is 0 Å². The fraction of sp³-hybridized carbons (Fsp3) is 0.591. The molecule has 27 heavy (non-hydrogen) atoms. The van der Waals surface area contributed by atoms with E-state index in [0.717, 1.165) is 52.0 Å². The Kier molecular flexibility index (Phi) is 7.28. The molecule has 5 heteroatoms. The standard InChI is InChI=1S/C22H30N2O3/c25-21(23-13-7-8-14-24-15-17-27-18-16-24)22(26,19-9-3-1-4-10-19)20-11-5-2-6-12-20/h1,3-4,9-10,20,26H,2,5-6,11-18H2,(H,23,25). The molecule has 0 radical (unpaired) electrons. The van der Waals surface area contributed by atoms with E-state index >= 15 is 0 Å². The van der Waals surface area contributed by atoms with E-state index in [1.165, 1.54) is 6.42 Å². The zero-order valence-electron chi connectivity index (χ0n) is 16.0. The van der Waals surface area contributed by atoms with Gasteiger partial charge in [0.05, 0.1) is 26.3 Å². The third-order valence-electron chi connectivity index (χ3n) is 5.62. The van der Waals surface area contributed by atoms with Crippen LogP contribution in [0.5, 0.6) is 0 Å². The number of benzene rings is 1. The van der Waals surface area contributed by atoms with Crippen molar-refractivity contribution >= 4 is 5.91 Å². The summed E-state index contributed by atoms with van der Waals surface area (Å²) in [6, 6.07) is 9.34. The van der Waals surface area contributed by atoms with Crippen LogP contribution < -0.4 is 5.32 Å². The Bertz CT molecular complexity index is 655. The molecular weight excluding hydrogens is 340 g/mol. The number of rotatable bonds is 5. The van der Waals surface area contributed by atoms with Crippen LogP contribution in [0.4, 0.5) is 0 Å². The Labute approximate surface area is 162 Å². The summed E-state index contributed by atoms with van der Waals surface area (Å²) in [6.07, 6.45) is 5.05. The van der Waals surface area contributed by atoms with E-state index in [4.69, 9.17) is 4.74 Å². The molecule has 1 amide bonds. The van der Waals surface area contributed by atoms with Crippen molar-refractivity contribution in [2.45, 2.75) is 37.7 Å². The molecule has 1 aliphatic carbocycles. The molecule has 146 valence electrons. The lowest BCUT2D eigenvalue weighted by Crippen LogP contribution is -2.50. The van der Waals surface area contributed by atoms with Gasteiger partial charge in [0.25, 0.3) is 5.91 Å². The minimum absolute atomic E-state index is 0.0463. The quantitative estimate of drug-likeness (QED) is 0.778. The van der Waals surface area contributed by atoms with Crippen molar-refractivity contribution in [2.24, 2.45) is 5.92 Å². The maximum Gasteiger partial charge on any atom is 0.257 e. The molecule has 0 aromatic heterocycles. The fourth-order valence-electron chi connectivity index (χ4n) is 4.01. The zero-order chi connectivity index (χ0) is 19.0. The van der Waals surface area contributed by atoms with Crippen LogP contribution in [0.15, 0.2) is 30.3 Å². The lowest BCUT2D eigenvalue weighted by molar-refractivity contribution is -0.149. The molecule has 2 fully saturated rings. The van der Waals surface area contributed by atoms with Crippen LogP contribution in [0, 0.1) is 17.8 Å². The van der Waals surface area contributed by atoms with E-state index in [1.54, 1.807) is 0 Å². The molecule has 2 N–H and O–H groups in total. The highest BCUT2D eigenvalue weighted by Gasteiger charge is 2.45. The van der Waals surface area contributed by atoms with Crippen molar-refractivity contribution in [1.82, 2.24) is 10.2 Å². The Morgan fingerprint density at radius 1 is 1.15 bits per heavy atom. The van der Waals surface area contributed by atoms with E-state index in [-0.39, 0.29) is 18.4 Å².